The maximum atomic E-state index is 13.5. The van der Waals surface area contributed by atoms with Gasteiger partial charge < -0.3 is 5.73 Å². The van der Waals surface area contributed by atoms with Gasteiger partial charge in [0.25, 0.3) is 0 Å². The number of hydrogen-bond acceptors (Lipinski definition) is 4. The van der Waals surface area contributed by atoms with Gasteiger partial charge in [-0.25, -0.2) is 0 Å². The van der Waals surface area contributed by atoms with Crippen molar-refractivity contribution in [1.29, 1.82) is 5.41 Å². The topological polar surface area (TPSA) is 90.5 Å². The summed E-state index contributed by atoms with van der Waals surface area (Å²) < 4.78 is 0. The highest BCUT2D eigenvalue weighted by molar-refractivity contribution is 6.06. The molecule has 3 N–H and O–H groups in total. The molecule has 1 saturated carbocycles. The fourth-order valence-electron chi connectivity index (χ4n) is 6.33. The number of fused-ring (bicyclic) bond motifs is 3. The number of imide groups is 1. The highest BCUT2D eigenvalue weighted by Gasteiger charge is 2.62. The van der Waals surface area contributed by atoms with Crippen LogP contribution in [0.15, 0.2) is 24.3 Å². The van der Waals surface area contributed by atoms with E-state index in [4.69, 9.17) is 11.1 Å². The van der Waals surface area contributed by atoms with E-state index >= 15 is 0 Å². The minimum Gasteiger partial charge on any atom is -0.384 e. The molecule has 29 heavy (non-hydrogen) atoms. The van der Waals surface area contributed by atoms with E-state index in [1.165, 1.54) is 19.3 Å². The zero-order valence-electron chi connectivity index (χ0n) is 16.8. The van der Waals surface area contributed by atoms with Gasteiger partial charge in [0.15, 0.2) is 0 Å². The molecule has 4 unspecified atom stereocenters. The van der Waals surface area contributed by atoms with Crippen LogP contribution in [0.4, 0.5) is 0 Å². The van der Waals surface area contributed by atoms with Gasteiger partial charge in [0, 0.05) is 24.2 Å². The highest BCUT2D eigenvalue weighted by Crippen LogP contribution is 2.53. The number of nitrogens with two attached hydrogens (primary N) is 1. The van der Waals surface area contributed by atoms with Crippen LogP contribution in [-0.2, 0) is 9.59 Å². The number of amidine groups is 1. The summed E-state index contributed by atoms with van der Waals surface area (Å²) in [6, 6.07) is 7.84. The second-order valence-corrected chi connectivity index (χ2v) is 9.27. The molecule has 1 aromatic rings. The van der Waals surface area contributed by atoms with E-state index in [0.717, 1.165) is 37.8 Å². The van der Waals surface area contributed by atoms with Crippen molar-refractivity contribution in [2.24, 2.45) is 23.5 Å². The molecule has 3 aliphatic heterocycles. The minimum atomic E-state index is -0.264. The van der Waals surface area contributed by atoms with Crippen LogP contribution in [0.25, 0.3) is 0 Å². The Morgan fingerprint density at radius 3 is 2.34 bits per heavy atom. The smallest absolute Gasteiger partial charge is 0.235 e. The molecule has 5 rings (SSSR count). The lowest BCUT2D eigenvalue weighted by Crippen LogP contribution is -2.41. The lowest BCUT2D eigenvalue weighted by atomic mass is 9.85. The van der Waals surface area contributed by atoms with E-state index in [1.54, 1.807) is 4.90 Å². The Morgan fingerprint density at radius 2 is 1.66 bits per heavy atom. The number of carbonyl (C=O) groups is 2. The summed E-state index contributed by atoms with van der Waals surface area (Å²) in [5.74, 6) is 0.186. The maximum absolute atomic E-state index is 13.5. The normalized spacial score (nSPS) is 32.6. The second-order valence-electron chi connectivity index (χ2n) is 9.27. The van der Waals surface area contributed by atoms with Gasteiger partial charge >= 0.3 is 0 Å². The predicted octanol–water partition coefficient (Wildman–Crippen LogP) is 2.67. The van der Waals surface area contributed by atoms with Crippen LogP contribution in [0, 0.1) is 23.2 Å². The molecule has 1 aromatic carbocycles. The van der Waals surface area contributed by atoms with Crippen molar-refractivity contribution in [3.8, 4) is 0 Å². The molecule has 4 fully saturated rings. The molecule has 3 heterocycles. The zero-order valence-corrected chi connectivity index (χ0v) is 16.8. The Labute approximate surface area is 171 Å². The number of rotatable bonds is 4. The van der Waals surface area contributed by atoms with E-state index in [0.29, 0.717) is 18.0 Å². The Morgan fingerprint density at radius 1 is 0.966 bits per heavy atom. The van der Waals surface area contributed by atoms with Gasteiger partial charge in [-0.05, 0) is 43.7 Å². The van der Waals surface area contributed by atoms with Crippen LogP contribution in [0.1, 0.15) is 62.1 Å². The standard InChI is InChI=1S/C23H30N4O2/c24-21(25)16-10-8-15(9-11-16)20-19-18(17-7-4-12-26(17)20)22(28)27(23(19)29)13-14-5-2-1-3-6-14/h8-11,14,17-20H,1-7,12-13H2,(H3,24,25). The van der Waals surface area contributed by atoms with Gasteiger partial charge in [0.05, 0.1) is 11.8 Å². The summed E-state index contributed by atoms with van der Waals surface area (Å²) >= 11 is 0. The lowest BCUT2D eigenvalue weighted by molar-refractivity contribution is -0.142. The van der Waals surface area contributed by atoms with E-state index in [2.05, 4.69) is 4.90 Å². The minimum absolute atomic E-state index is 0.0404. The van der Waals surface area contributed by atoms with Crippen LogP contribution in [0.3, 0.4) is 0 Å². The molecule has 154 valence electrons. The van der Waals surface area contributed by atoms with E-state index in [-0.39, 0.29) is 41.6 Å². The van der Waals surface area contributed by atoms with Crippen molar-refractivity contribution in [2.45, 2.75) is 57.0 Å². The molecule has 6 nitrogen and oxygen atoms in total. The summed E-state index contributed by atoms with van der Waals surface area (Å²) in [5, 5.41) is 7.62. The first kappa shape index (κ1) is 18.8. The highest BCUT2D eigenvalue weighted by atomic mass is 16.2. The second kappa shape index (κ2) is 7.24. The largest absolute Gasteiger partial charge is 0.384 e. The van der Waals surface area contributed by atoms with Gasteiger partial charge in [-0.3, -0.25) is 24.8 Å². The summed E-state index contributed by atoms with van der Waals surface area (Å²) in [4.78, 5) is 30.9. The molecular formula is C23H30N4O2. The number of nitrogen functional groups attached to an aromatic ring is 1. The maximum Gasteiger partial charge on any atom is 0.235 e. The van der Waals surface area contributed by atoms with E-state index in [9.17, 15) is 9.59 Å². The third-order valence-corrected chi connectivity index (χ3v) is 7.67. The van der Waals surface area contributed by atoms with Gasteiger partial charge in [0.1, 0.15) is 5.84 Å². The van der Waals surface area contributed by atoms with Gasteiger partial charge in [-0.1, -0.05) is 43.5 Å². The SMILES string of the molecule is N=C(N)c1ccc(C2C3C(=O)N(CC4CCCCC4)C(=O)C3C3CCCN32)cc1. The number of benzene rings is 1. The van der Waals surface area contributed by atoms with Crippen LogP contribution < -0.4 is 5.73 Å². The van der Waals surface area contributed by atoms with Crippen LogP contribution in [0.5, 0.6) is 0 Å². The molecule has 1 aliphatic carbocycles. The molecule has 6 heteroatoms. The molecule has 0 aromatic heterocycles. The Hall–Kier alpha value is -2.21. The molecule has 0 bridgehead atoms. The zero-order chi connectivity index (χ0) is 20.1. The summed E-state index contributed by atoms with van der Waals surface area (Å²) in [5.41, 5.74) is 7.36. The molecular weight excluding hydrogens is 364 g/mol. The van der Waals surface area contributed by atoms with Crippen LogP contribution in [0.2, 0.25) is 0 Å². The van der Waals surface area contributed by atoms with Crippen molar-refractivity contribution >= 4 is 17.6 Å². The number of carbonyl (C=O) groups excluding carboxylic acids is 2. The Balaban J connectivity index is 1.44. The number of nitrogens with one attached hydrogen (secondary N) is 1. The summed E-state index contributed by atoms with van der Waals surface area (Å²) in [6.45, 7) is 1.56. The first-order valence-electron chi connectivity index (χ1n) is 11.1. The quantitative estimate of drug-likeness (QED) is 0.467. The third-order valence-electron chi connectivity index (χ3n) is 7.67. The molecule has 4 atom stereocenters. The van der Waals surface area contributed by atoms with Crippen molar-refractivity contribution in [3.05, 3.63) is 35.4 Å². The Kier molecular flexibility index (Phi) is 4.69. The molecule has 0 radical (unpaired) electrons. The van der Waals surface area contributed by atoms with E-state index in [1.807, 2.05) is 24.3 Å². The summed E-state index contributed by atoms with van der Waals surface area (Å²) in [6.07, 6.45) is 8.07. The van der Waals surface area contributed by atoms with Gasteiger partial charge in [-0.15, -0.1) is 0 Å². The predicted molar refractivity (Wildman–Crippen MR) is 110 cm³/mol. The van der Waals surface area contributed by atoms with Crippen LogP contribution in [-0.4, -0.2) is 46.6 Å². The third kappa shape index (κ3) is 3.00. The average molecular weight is 395 g/mol. The lowest BCUT2D eigenvalue weighted by Gasteiger charge is -2.31. The number of nitrogens with zero attached hydrogens (tertiary/aromatic N) is 2. The van der Waals surface area contributed by atoms with Crippen molar-refractivity contribution in [2.75, 3.05) is 13.1 Å². The number of hydrogen-bond donors (Lipinski definition) is 2. The van der Waals surface area contributed by atoms with Crippen molar-refractivity contribution in [1.82, 2.24) is 9.80 Å². The average Bonchev–Trinajstić information content (AvgIpc) is 3.37. The monoisotopic (exact) mass is 394 g/mol. The van der Waals surface area contributed by atoms with Crippen molar-refractivity contribution < 1.29 is 9.59 Å². The van der Waals surface area contributed by atoms with Crippen LogP contribution >= 0.6 is 0 Å². The fraction of sp³-hybridized carbons (Fsp3) is 0.609. The van der Waals surface area contributed by atoms with E-state index < -0.39 is 0 Å². The van der Waals surface area contributed by atoms with Gasteiger partial charge in [0.2, 0.25) is 11.8 Å². The molecule has 0 spiro atoms. The molecule has 4 aliphatic rings. The first-order valence-corrected chi connectivity index (χ1v) is 11.1. The number of likely N-dealkylation sites (tertiary alicyclic amines) is 1. The van der Waals surface area contributed by atoms with Gasteiger partial charge in [-0.2, -0.15) is 0 Å². The molecule has 3 saturated heterocycles. The van der Waals surface area contributed by atoms with Crippen molar-refractivity contribution in [3.63, 3.8) is 0 Å². The Bertz CT molecular complexity index is 830. The first-order chi connectivity index (χ1) is 14.1. The number of amides is 2. The fourth-order valence-corrected chi connectivity index (χ4v) is 6.33. The molecule has 2 amide bonds. The summed E-state index contributed by atoms with van der Waals surface area (Å²) in [7, 11) is 0.